The van der Waals surface area contributed by atoms with Crippen LogP contribution in [0.1, 0.15) is 82.5 Å². The Hall–Kier alpha value is -0.940. The first-order chi connectivity index (χ1) is 10.1. The summed E-state index contributed by atoms with van der Waals surface area (Å²) in [5.41, 5.74) is 6.35. The van der Waals surface area contributed by atoms with Crippen LogP contribution in [-0.2, 0) is 4.74 Å². The van der Waals surface area contributed by atoms with Gasteiger partial charge in [0.25, 0.3) is 0 Å². The molecule has 2 saturated carbocycles. The molecule has 2 N–H and O–H groups in total. The third kappa shape index (κ3) is 3.29. The highest BCUT2D eigenvalue weighted by molar-refractivity contribution is 5.04. The Morgan fingerprint density at radius 3 is 2.76 bits per heavy atom. The number of ether oxygens (including phenoxy) is 1. The molecule has 2 fully saturated rings. The Kier molecular flexibility index (Phi) is 4.31. The lowest BCUT2D eigenvalue weighted by Gasteiger charge is -2.36. The molecule has 2 unspecified atom stereocenters. The number of nitrogens with zero attached hydrogens (tertiary/aromatic N) is 2. The molecule has 0 aromatic carbocycles. The molecular formula is C16H27N3O2. The number of nitrogens with two attached hydrogens (primary N) is 1. The Morgan fingerprint density at radius 2 is 2.10 bits per heavy atom. The maximum atomic E-state index is 6.12. The first kappa shape index (κ1) is 15.0. The maximum absolute atomic E-state index is 6.12. The molecule has 0 aliphatic heterocycles. The second-order valence-electron chi connectivity index (χ2n) is 7.27. The molecule has 0 amide bonds. The van der Waals surface area contributed by atoms with Crippen molar-refractivity contribution in [1.82, 2.24) is 10.1 Å². The van der Waals surface area contributed by atoms with Crippen molar-refractivity contribution in [3.05, 3.63) is 11.7 Å². The molecule has 2 atom stereocenters. The van der Waals surface area contributed by atoms with E-state index in [0.29, 0.717) is 24.5 Å². The van der Waals surface area contributed by atoms with Gasteiger partial charge in [-0.25, -0.2) is 0 Å². The van der Waals surface area contributed by atoms with Gasteiger partial charge in [0.2, 0.25) is 5.89 Å². The zero-order valence-corrected chi connectivity index (χ0v) is 13.2. The molecule has 118 valence electrons. The van der Waals surface area contributed by atoms with Gasteiger partial charge in [0.05, 0.1) is 18.8 Å². The van der Waals surface area contributed by atoms with Crippen LogP contribution >= 0.6 is 0 Å². The van der Waals surface area contributed by atoms with Crippen molar-refractivity contribution in [3.63, 3.8) is 0 Å². The van der Waals surface area contributed by atoms with E-state index in [1.54, 1.807) is 0 Å². The molecule has 0 saturated heterocycles. The van der Waals surface area contributed by atoms with Crippen molar-refractivity contribution in [3.8, 4) is 0 Å². The van der Waals surface area contributed by atoms with Crippen LogP contribution in [0.5, 0.6) is 0 Å². The quantitative estimate of drug-likeness (QED) is 0.901. The predicted octanol–water partition coefficient (Wildman–Crippen LogP) is 3.32. The Balaban J connectivity index is 1.61. The van der Waals surface area contributed by atoms with Gasteiger partial charge < -0.3 is 15.0 Å². The molecule has 0 bridgehead atoms. The predicted molar refractivity (Wildman–Crippen MR) is 79.8 cm³/mol. The monoisotopic (exact) mass is 293 g/mol. The minimum absolute atomic E-state index is 0.231. The summed E-state index contributed by atoms with van der Waals surface area (Å²) in [4.78, 5) is 4.57. The highest BCUT2D eigenvalue weighted by Crippen LogP contribution is 2.46. The van der Waals surface area contributed by atoms with E-state index in [1.165, 1.54) is 25.7 Å². The van der Waals surface area contributed by atoms with Crippen molar-refractivity contribution < 1.29 is 9.26 Å². The van der Waals surface area contributed by atoms with Gasteiger partial charge in [-0.3, -0.25) is 0 Å². The third-order valence-corrected chi connectivity index (χ3v) is 5.16. The molecule has 1 aromatic heterocycles. The fourth-order valence-electron chi connectivity index (χ4n) is 3.34. The van der Waals surface area contributed by atoms with Crippen molar-refractivity contribution in [2.24, 2.45) is 11.1 Å². The first-order valence-corrected chi connectivity index (χ1v) is 8.27. The summed E-state index contributed by atoms with van der Waals surface area (Å²) in [5.74, 6) is 1.70. The van der Waals surface area contributed by atoms with E-state index >= 15 is 0 Å². The van der Waals surface area contributed by atoms with Crippen LogP contribution in [0.4, 0.5) is 0 Å². The van der Waals surface area contributed by atoms with Gasteiger partial charge in [-0.05, 0) is 37.5 Å². The van der Waals surface area contributed by atoms with E-state index < -0.39 is 0 Å². The van der Waals surface area contributed by atoms with E-state index in [0.717, 1.165) is 25.2 Å². The van der Waals surface area contributed by atoms with Crippen molar-refractivity contribution >= 4 is 0 Å². The molecule has 3 rings (SSSR count). The zero-order valence-electron chi connectivity index (χ0n) is 13.2. The summed E-state index contributed by atoms with van der Waals surface area (Å²) in [6.45, 7) is 5.07. The van der Waals surface area contributed by atoms with Gasteiger partial charge in [0, 0.05) is 5.92 Å². The summed E-state index contributed by atoms with van der Waals surface area (Å²) >= 11 is 0. The molecule has 1 heterocycles. The van der Waals surface area contributed by atoms with Gasteiger partial charge in [-0.15, -0.1) is 0 Å². The molecule has 2 aliphatic carbocycles. The summed E-state index contributed by atoms with van der Waals surface area (Å²) in [5, 5.41) is 4.09. The van der Waals surface area contributed by atoms with Crippen LogP contribution in [-0.4, -0.2) is 22.9 Å². The lowest BCUT2D eigenvalue weighted by Crippen LogP contribution is -2.28. The van der Waals surface area contributed by atoms with Gasteiger partial charge in [0.15, 0.2) is 5.82 Å². The fraction of sp³-hybridized carbons (Fsp3) is 0.875. The number of hydrogen-bond acceptors (Lipinski definition) is 5. The van der Waals surface area contributed by atoms with Crippen molar-refractivity contribution in [1.29, 1.82) is 0 Å². The minimum atomic E-state index is -0.283. The Bertz CT molecular complexity index is 468. The smallest absolute Gasteiger partial charge is 0.230 e. The Labute approximate surface area is 126 Å². The molecule has 2 aliphatic rings. The molecule has 0 spiro atoms. The number of rotatable bonds is 5. The molecular weight excluding hydrogens is 266 g/mol. The highest BCUT2D eigenvalue weighted by atomic mass is 16.5. The average Bonchev–Trinajstić information content (AvgIpc) is 2.85. The van der Waals surface area contributed by atoms with Crippen LogP contribution in [0, 0.1) is 5.41 Å². The van der Waals surface area contributed by atoms with Crippen LogP contribution in [0.25, 0.3) is 0 Å². The van der Waals surface area contributed by atoms with Gasteiger partial charge in [-0.1, -0.05) is 31.8 Å². The van der Waals surface area contributed by atoms with E-state index in [4.69, 9.17) is 15.0 Å². The summed E-state index contributed by atoms with van der Waals surface area (Å²) in [6, 6.07) is -0.283. The first-order valence-electron chi connectivity index (χ1n) is 8.27. The van der Waals surface area contributed by atoms with Gasteiger partial charge in [-0.2, -0.15) is 4.98 Å². The SMILES string of the molecule is CC1(C)CCCCC1c1nc(C(N)COC2CCC2)no1. The van der Waals surface area contributed by atoms with Crippen LogP contribution in [0.15, 0.2) is 4.52 Å². The van der Waals surface area contributed by atoms with Gasteiger partial charge >= 0.3 is 0 Å². The van der Waals surface area contributed by atoms with Crippen LogP contribution in [0.2, 0.25) is 0 Å². The topological polar surface area (TPSA) is 74.2 Å². The lowest BCUT2D eigenvalue weighted by molar-refractivity contribution is -0.00549. The van der Waals surface area contributed by atoms with Crippen molar-refractivity contribution in [2.45, 2.75) is 76.9 Å². The number of hydrogen-bond donors (Lipinski definition) is 1. The van der Waals surface area contributed by atoms with E-state index in [9.17, 15) is 0 Å². The zero-order chi connectivity index (χ0) is 14.9. The van der Waals surface area contributed by atoms with Crippen molar-refractivity contribution in [2.75, 3.05) is 6.61 Å². The third-order valence-electron chi connectivity index (χ3n) is 5.16. The fourth-order valence-corrected chi connectivity index (χ4v) is 3.34. The van der Waals surface area contributed by atoms with E-state index in [-0.39, 0.29) is 11.5 Å². The molecule has 5 heteroatoms. The Morgan fingerprint density at radius 1 is 1.29 bits per heavy atom. The summed E-state index contributed by atoms with van der Waals surface area (Å²) < 4.78 is 11.3. The van der Waals surface area contributed by atoms with Gasteiger partial charge in [0.1, 0.15) is 0 Å². The van der Waals surface area contributed by atoms with Crippen LogP contribution < -0.4 is 5.73 Å². The molecule has 5 nitrogen and oxygen atoms in total. The summed E-state index contributed by atoms with van der Waals surface area (Å²) in [6.07, 6.45) is 8.83. The number of aromatic nitrogens is 2. The highest BCUT2D eigenvalue weighted by Gasteiger charge is 2.37. The normalized spacial score (nSPS) is 27.3. The maximum Gasteiger partial charge on any atom is 0.230 e. The largest absolute Gasteiger partial charge is 0.376 e. The second kappa shape index (κ2) is 6.05. The van der Waals surface area contributed by atoms with Crippen LogP contribution in [0.3, 0.4) is 0 Å². The summed E-state index contributed by atoms with van der Waals surface area (Å²) in [7, 11) is 0. The van der Waals surface area contributed by atoms with E-state index in [2.05, 4.69) is 24.0 Å². The molecule has 0 radical (unpaired) electrons. The molecule has 21 heavy (non-hydrogen) atoms. The molecule has 1 aromatic rings. The second-order valence-corrected chi connectivity index (χ2v) is 7.27. The average molecular weight is 293 g/mol. The standard InChI is InChI=1S/C16H27N3O2/c1-16(2)9-4-3-8-12(16)15-18-14(19-21-15)13(17)10-20-11-6-5-7-11/h11-13H,3-10,17H2,1-2H3. The minimum Gasteiger partial charge on any atom is -0.376 e. The lowest BCUT2D eigenvalue weighted by atomic mass is 9.69. The van der Waals surface area contributed by atoms with E-state index in [1.807, 2.05) is 0 Å².